The van der Waals surface area contributed by atoms with Crippen LogP contribution in [0.4, 0.5) is 4.39 Å². The number of aromatic nitrogens is 3. The van der Waals surface area contributed by atoms with Gasteiger partial charge in [0.1, 0.15) is 11.8 Å². The molecule has 0 bridgehead atoms. The Morgan fingerprint density at radius 3 is 2.94 bits per heavy atom. The van der Waals surface area contributed by atoms with Gasteiger partial charge in [-0.15, -0.1) is 0 Å². The van der Waals surface area contributed by atoms with Crippen LogP contribution in [0.3, 0.4) is 0 Å². The van der Waals surface area contributed by atoms with Gasteiger partial charge in [0.25, 0.3) is 0 Å². The fourth-order valence-corrected chi connectivity index (χ4v) is 1.71. The van der Waals surface area contributed by atoms with Crippen molar-refractivity contribution in [3.63, 3.8) is 0 Å². The van der Waals surface area contributed by atoms with E-state index in [0.29, 0.717) is 22.7 Å². The third-order valence-corrected chi connectivity index (χ3v) is 2.43. The molecule has 0 aliphatic heterocycles. The average Bonchev–Trinajstić information content (AvgIpc) is 2.71. The van der Waals surface area contributed by atoms with E-state index < -0.39 is 5.82 Å². The van der Waals surface area contributed by atoms with Gasteiger partial charge in [-0.25, -0.2) is 19.3 Å². The van der Waals surface area contributed by atoms with E-state index in [0.717, 1.165) is 0 Å². The van der Waals surface area contributed by atoms with Crippen molar-refractivity contribution in [2.24, 2.45) is 0 Å². The Balaban J connectivity index is 2.25. The van der Waals surface area contributed by atoms with Crippen LogP contribution in [0.25, 0.3) is 22.4 Å². The number of benzene rings is 1. The van der Waals surface area contributed by atoms with Gasteiger partial charge in [0.2, 0.25) is 0 Å². The normalized spacial score (nSPS) is 10.9. The largest absolute Gasteiger partial charge is 0.438 e. The molecule has 4 nitrogen and oxygen atoms in total. The van der Waals surface area contributed by atoms with Crippen molar-refractivity contribution in [1.29, 1.82) is 0 Å². The van der Waals surface area contributed by atoms with Crippen molar-refractivity contribution in [2.45, 2.75) is 6.92 Å². The van der Waals surface area contributed by atoms with Crippen LogP contribution in [0, 0.1) is 12.7 Å². The maximum absolute atomic E-state index is 13.8. The van der Waals surface area contributed by atoms with E-state index in [9.17, 15) is 4.39 Å². The van der Waals surface area contributed by atoms with Crippen LogP contribution in [0.2, 0.25) is 0 Å². The summed E-state index contributed by atoms with van der Waals surface area (Å²) >= 11 is 0. The van der Waals surface area contributed by atoms with E-state index in [1.54, 1.807) is 25.3 Å². The number of fused-ring (bicyclic) bond motifs is 1. The fraction of sp³-hybridized carbons (Fsp3) is 0.0833. The Labute approximate surface area is 96.2 Å². The first-order chi connectivity index (χ1) is 8.24. The molecule has 0 unspecified atom stereocenters. The van der Waals surface area contributed by atoms with Gasteiger partial charge < -0.3 is 4.42 Å². The van der Waals surface area contributed by atoms with E-state index in [2.05, 4.69) is 15.0 Å². The standard InChI is InChI=1S/C12H8FN3O/c1-7-16-11-5-8(4-9(13)12(11)17-7)10-2-3-14-6-15-10/h2-6H,1H3. The van der Waals surface area contributed by atoms with Crippen LogP contribution in [0.1, 0.15) is 5.89 Å². The monoisotopic (exact) mass is 229 g/mol. The Morgan fingerprint density at radius 2 is 2.18 bits per heavy atom. The summed E-state index contributed by atoms with van der Waals surface area (Å²) in [4.78, 5) is 12.0. The second kappa shape index (κ2) is 3.62. The Bertz CT molecular complexity index is 679. The number of halogens is 1. The number of aryl methyl sites for hydroxylation is 1. The lowest BCUT2D eigenvalue weighted by Crippen LogP contribution is -1.86. The molecule has 0 fully saturated rings. The maximum atomic E-state index is 13.8. The molecule has 3 rings (SSSR count). The molecule has 0 amide bonds. The van der Waals surface area contributed by atoms with Crippen molar-refractivity contribution in [3.05, 3.63) is 42.4 Å². The van der Waals surface area contributed by atoms with Gasteiger partial charge in [0.05, 0.1) is 5.69 Å². The van der Waals surface area contributed by atoms with Crippen LogP contribution in [-0.4, -0.2) is 15.0 Å². The molecule has 0 N–H and O–H groups in total. The van der Waals surface area contributed by atoms with Crippen molar-refractivity contribution in [2.75, 3.05) is 0 Å². The van der Waals surface area contributed by atoms with Gasteiger partial charge in [-0.1, -0.05) is 0 Å². The topological polar surface area (TPSA) is 51.8 Å². The molecule has 0 saturated heterocycles. The summed E-state index contributed by atoms with van der Waals surface area (Å²) in [6, 6.07) is 4.85. The van der Waals surface area contributed by atoms with Crippen molar-refractivity contribution < 1.29 is 8.81 Å². The first-order valence-corrected chi connectivity index (χ1v) is 5.07. The lowest BCUT2D eigenvalue weighted by Gasteiger charge is -1.99. The summed E-state index contributed by atoms with van der Waals surface area (Å²) < 4.78 is 18.9. The molecule has 0 spiro atoms. The van der Waals surface area contributed by atoms with E-state index in [-0.39, 0.29) is 5.58 Å². The van der Waals surface area contributed by atoms with Gasteiger partial charge in [0.15, 0.2) is 17.3 Å². The highest BCUT2D eigenvalue weighted by molar-refractivity contribution is 5.80. The number of hydrogen-bond acceptors (Lipinski definition) is 4. The van der Waals surface area contributed by atoms with E-state index in [1.807, 2.05) is 0 Å². The van der Waals surface area contributed by atoms with E-state index in [4.69, 9.17) is 4.42 Å². The smallest absolute Gasteiger partial charge is 0.192 e. The highest BCUT2D eigenvalue weighted by atomic mass is 19.1. The van der Waals surface area contributed by atoms with Crippen LogP contribution >= 0.6 is 0 Å². The SMILES string of the molecule is Cc1nc2cc(-c3ccncn3)cc(F)c2o1. The molecule has 3 aromatic rings. The van der Waals surface area contributed by atoms with Crippen LogP contribution in [-0.2, 0) is 0 Å². The van der Waals surface area contributed by atoms with Crippen LogP contribution < -0.4 is 0 Å². The van der Waals surface area contributed by atoms with Crippen molar-refractivity contribution >= 4 is 11.1 Å². The third kappa shape index (κ3) is 1.65. The number of rotatable bonds is 1. The second-order valence-electron chi connectivity index (χ2n) is 3.63. The summed E-state index contributed by atoms with van der Waals surface area (Å²) in [6.07, 6.45) is 3.03. The van der Waals surface area contributed by atoms with Crippen LogP contribution in [0.5, 0.6) is 0 Å². The predicted molar refractivity (Wildman–Crippen MR) is 59.7 cm³/mol. The van der Waals surface area contributed by atoms with Gasteiger partial charge >= 0.3 is 0 Å². The highest BCUT2D eigenvalue weighted by Crippen LogP contribution is 2.25. The minimum atomic E-state index is -0.434. The molecule has 84 valence electrons. The third-order valence-electron chi connectivity index (χ3n) is 2.43. The summed E-state index contributed by atoms with van der Waals surface area (Å²) in [5.74, 6) is 0.00968. The lowest BCUT2D eigenvalue weighted by molar-refractivity contribution is 0.528. The molecule has 0 radical (unpaired) electrons. The Kier molecular flexibility index (Phi) is 2.11. The minimum Gasteiger partial charge on any atom is -0.438 e. The zero-order chi connectivity index (χ0) is 11.8. The number of oxazole rings is 1. The Morgan fingerprint density at radius 1 is 1.29 bits per heavy atom. The summed E-state index contributed by atoms with van der Waals surface area (Å²) in [7, 11) is 0. The minimum absolute atomic E-state index is 0.181. The average molecular weight is 229 g/mol. The van der Waals surface area contributed by atoms with Gasteiger partial charge in [-0.3, -0.25) is 0 Å². The van der Waals surface area contributed by atoms with E-state index >= 15 is 0 Å². The highest BCUT2D eigenvalue weighted by Gasteiger charge is 2.11. The van der Waals surface area contributed by atoms with Gasteiger partial charge in [-0.05, 0) is 18.2 Å². The number of nitrogens with zero attached hydrogens (tertiary/aromatic N) is 3. The van der Waals surface area contributed by atoms with Crippen molar-refractivity contribution in [3.8, 4) is 11.3 Å². The predicted octanol–water partition coefficient (Wildman–Crippen LogP) is 2.73. The molecular weight excluding hydrogens is 221 g/mol. The first-order valence-electron chi connectivity index (χ1n) is 5.07. The molecule has 17 heavy (non-hydrogen) atoms. The molecule has 0 atom stereocenters. The maximum Gasteiger partial charge on any atom is 0.192 e. The molecule has 0 saturated carbocycles. The summed E-state index contributed by atoms with van der Waals surface area (Å²) in [5.41, 5.74) is 1.99. The second-order valence-corrected chi connectivity index (χ2v) is 3.63. The lowest BCUT2D eigenvalue weighted by atomic mass is 10.1. The molecule has 5 heteroatoms. The molecule has 1 aromatic carbocycles. The zero-order valence-corrected chi connectivity index (χ0v) is 9.01. The quantitative estimate of drug-likeness (QED) is 0.643. The first kappa shape index (κ1) is 9.89. The molecule has 0 aliphatic carbocycles. The molecule has 0 aliphatic rings. The molecule has 2 aromatic heterocycles. The van der Waals surface area contributed by atoms with Gasteiger partial charge in [0, 0.05) is 18.7 Å². The summed E-state index contributed by atoms with van der Waals surface area (Å²) in [5, 5.41) is 0. The molecular formula is C12H8FN3O. The van der Waals surface area contributed by atoms with E-state index in [1.165, 1.54) is 12.4 Å². The number of hydrogen-bond donors (Lipinski definition) is 0. The fourth-order valence-electron chi connectivity index (χ4n) is 1.71. The zero-order valence-electron chi connectivity index (χ0n) is 9.01. The van der Waals surface area contributed by atoms with Crippen molar-refractivity contribution in [1.82, 2.24) is 15.0 Å². The molecule has 2 heterocycles. The summed E-state index contributed by atoms with van der Waals surface area (Å²) in [6.45, 7) is 1.68. The van der Waals surface area contributed by atoms with Crippen LogP contribution in [0.15, 0.2) is 35.1 Å². The Hall–Kier alpha value is -2.30. The van der Waals surface area contributed by atoms with Gasteiger partial charge in [-0.2, -0.15) is 0 Å².